The molecule has 3 N–H and O–H groups in total. The van der Waals surface area contributed by atoms with Crippen LogP contribution in [0.5, 0.6) is 0 Å². The number of hydrogen-bond donors (Lipinski definition) is 2. The minimum atomic E-state index is -0.674. The van der Waals surface area contributed by atoms with Gasteiger partial charge < -0.3 is 20.3 Å². The quantitative estimate of drug-likeness (QED) is 0.221. The molecule has 150 valence electrons. The van der Waals surface area contributed by atoms with Gasteiger partial charge in [0.05, 0.1) is 0 Å². The zero-order valence-corrected chi connectivity index (χ0v) is 17.0. The molecule has 0 bridgehead atoms. The smallest absolute Gasteiger partial charge is 0.303 e. The van der Waals surface area contributed by atoms with Gasteiger partial charge >= 0.3 is 5.97 Å². The molecule has 0 amide bonds. The average Bonchev–Trinajstić information content (AvgIpc) is 2.58. The van der Waals surface area contributed by atoms with E-state index in [9.17, 15) is 4.79 Å². The molecule has 0 aliphatic carbocycles. The van der Waals surface area contributed by atoms with Crippen molar-refractivity contribution in [2.24, 2.45) is 5.73 Å². The van der Waals surface area contributed by atoms with Gasteiger partial charge in [-0.15, -0.1) is 6.58 Å². The molecule has 0 heterocycles. The van der Waals surface area contributed by atoms with E-state index in [1.165, 1.54) is 25.7 Å². The van der Waals surface area contributed by atoms with Crippen LogP contribution in [0.4, 0.5) is 0 Å². The molecule has 0 saturated carbocycles. The molecular weight excluding hydrogens is 338 g/mol. The first-order valence-electron chi connectivity index (χ1n) is 9.45. The van der Waals surface area contributed by atoms with Crippen molar-refractivity contribution in [2.75, 3.05) is 31.3 Å². The van der Waals surface area contributed by atoms with E-state index >= 15 is 0 Å². The summed E-state index contributed by atoms with van der Waals surface area (Å²) in [6.07, 6.45) is 10.1. The van der Waals surface area contributed by atoms with Gasteiger partial charge in [-0.3, -0.25) is 4.79 Å². The number of carboxylic acid groups (broad SMARTS) is 1. The summed E-state index contributed by atoms with van der Waals surface area (Å²) in [7, 11) is 0. The maximum absolute atomic E-state index is 10.2. The molecule has 5 nitrogen and oxygen atoms in total. The molecule has 0 aromatic heterocycles. The Labute approximate surface area is 158 Å². The van der Waals surface area contributed by atoms with Crippen molar-refractivity contribution in [3.63, 3.8) is 0 Å². The third kappa shape index (κ3) is 25.8. The number of ether oxygens (including phenoxy) is 2. The lowest BCUT2D eigenvalue weighted by Crippen LogP contribution is -2.20. The molecule has 0 radical (unpaired) electrons. The Morgan fingerprint density at radius 1 is 1.12 bits per heavy atom. The van der Waals surface area contributed by atoms with Crippen molar-refractivity contribution in [3.8, 4) is 0 Å². The number of hydrogen-bond acceptors (Lipinski definition) is 5. The highest BCUT2D eigenvalue weighted by Gasteiger charge is 2.06. The summed E-state index contributed by atoms with van der Waals surface area (Å²) < 4.78 is 10.7. The summed E-state index contributed by atoms with van der Waals surface area (Å²) in [4.78, 5) is 10.2. The van der Waals surface area contributed by atoms with E-state index in [-0.39, 0.29) is 6.29 Å². The standard InChI is InChI=1S/C11H20O2.C8H19NO2S/c1-2-3-4-5-6-7-8-9-10-11(12)13;1-3-10-8(11-4-2)7-12-6-5-9/h2H,1,3-10H2,(H,12,13);8H,3-7,9H2,1-2H3. The number of nitrogens with two attached hydrogens (primary N) is 1. The van der Waals surface area contributed by atoms with E-state index < -0.39 is 5.97 Å². The first-order valence-corrected chi connectivity index (χ1v) is 10.6. The van der Waals surface area contributed by atoms with Gasteiger partial charge in [-0.2, -0.15) is 11.8 Å². The molecule has 0 fully saturated rings. The van der Waals surface area contributed by atoms with Gasteiger partial charge in [0.25, 0.3) is 0 Å². The Kier molecular flexibility index (Phi) is 25.0. The van der Waals surface area contributed by atoms with Crippen molar-refractivity contribution in [3.05, 3.63) is 12.7 Å². The second kappa shape index (κ2) is 23.4. The Morgan fingerprint density at radius 2 is 1.68 bits per heavy atom. The molecule has 0 saturated heterocycles. The molecule has 0 aliphatic rings. The van der Waals surface area contributed by atoms with Crippen LogP contribution in [0.2, 0.25) is 0 Å². The molecule has 0 aromatic rings. The third-order valence-corrected chi connectivity index (χ3v) is 4.30. The summed E-state index contributed by atoms with van der Waals surface area (Å²) >= 11 is 1.77. The van der Waals surface area contributed by atoms with Crippen LogP contribution in [0.15, 0.2) is 12.7 Å². The first kappa shape index (κ1) is 26.7. The van der Waals surface area contributed by atoms with Crippen molar-refractivity contribution in [1.82, 2.24) is 0 Å². The van der Waals surface area contributed by atoms with E-state index in [4.69, 9.17) is 20.3 Å². The zero-order valence-electron chi connectivity index (χ0n) is 16.2. The first-order chi connectivity index (χ1) is 12.1. The van der Waals surface area contributed by atoms with Crippen molar-refractivity contribution in [1.29, 1.82) is 0 Å². The molecule has 6 heteroatoms. The Bertz CT molecular complexity index is 285. The van der Waals surface area contributed by atoms with Crippen LogP contribution in [-0.4, -0.2) is 48.6 Å². The number of allylic oxidation sites excluding steroid dienone is 1. The van der Waals surface area contributed by atoms with E-state index in [1.807, 2.05) is 19.9 Å². The van der Waals surface area contributed by atoms with Gasteiger partial charge in [-0.1, -0.05) is 31.8 Å². The summed E-state index contributed by atoms with van der Waals surface area (Å²) in [6.45, 7) is 9.73. The van der Waals surface area contributed by atoms with Crippen LogP contribution in [0, 0.1) is 0 Å². The maximum Gasteiger partial charge on any atom is 0.303 e. The normalized spacial score (nSPS) is 10.4. The predicted octanol–water partition coefficient (Wildman–Crippen LogP) is 4.46. The average molecular weight is 378 g/mol. The second-order valence-corrected chi connectivity index (χ2v) is 6.70. The van der Waals surface area contributed by atoms with Gasteiger partial charge in [0, 0.05) is 37.7 Å². The number of unbranched alkanes of at least 4 members (excludes halogenated alkanes) is 6. The topological polar surface area (TPSA) is 81.8 Å². The zero-order chi connectivity index (χ0) is 19.2. The fourth-order valence-electron chi connectivity index (χ4n) is 2.05. The summed E-state index contributed by atoms with van der Waals surface area (Å²) in [5.74, 6) is 1.17. The molecule has 0 atom stereocenters. The largest absolute Gasteiger partial charge is 0.481 e. The number of aliphatic carboxylic acids is 1. The lowest BCUT2D eigenvalue weighted by Gasteiger charge is -2.15. The fourth-order valence-corrected chi connectivity index (χ4v) is 2.77. The number of thioether (sulfide) groups is 1. The van der Waals surface area contributed by atoms with Crippen LogP contribution in [0.25, 0.3) is 0 Å². The van der Waals surface area contributed by atoms with Gasteiger partial charge in [0.15, 0.2) is 6.29 Å². The van der Waals surface area contributed by atoms with Crippen molar-refractivity contribution >= 4 is 17.7 Å². The summed E-state index contributed by atoms with van der Waals surface area (Å²) in [6, 6.07) is 0. The highest BCUT2D eigenvalue weighted by molar-refractivity contribution is 7.99. The summed E-state index contributed by atoms with van der Waals surface area (Å²) in [5.41, 5.74) is 5.36. The SMILES string of the molecule is C=CCCCCCCCCC(=O)O.CCOC(CSCCN)OCC. The van der Waals surface area contributed by atoms with E-state index in [0.29, 0.717) is 19.6 Å². The van der Waals surface area contributed by atoms with Crippen molar-refractivity contribution in [2.45, 2.75) is 71.5 Å². The van der Waals surface area contributed by atoms with E-state index in [0.717, 1.165) is 37.3 Å². The molecular formula is C19H39NO4S. The highest BCUT2D eigenvalue weighted by atomic mass is 32.2. The van der Waals surface area contributed by atoms with Gasteiger partial charge in [0.1, 0.15) is 0 Å². The van der Waals surface area contributed by atoms with E-state index in [2.05, 4.69) is 6.58 Å². The van der Waals surface area contributed by atoms with Gasteiger partial charge in [-0.25, -0.2) is 0 Å². The van der Waals surface area contributed by atoms with Crippen LogP contribution in [0.3, 0.4) is 0 Å². The molecule has 0 spiro atoms. The number of carbonyl (C=O) groups is 1. The lowest BCUT2D eigenvalue weighted by molar-refractivity contribution is -0.137. The van der Waals surface area contributed by atoms with Crippen LogP contribution >= 0.6 is 11.8 Å². The van der Waals surface area contributed by atoms with Crippen LogP contribution in [-0.2, 0) is 14.3 Å². The van der Waals surface area contributed by atoms with Crippen LogP contribution < -0.4 is 5.73 Å². The molecule has 25 heavy (non-hydrogen) atoms. The highest BCUT2D eigenvalue weighted by Crippen LogP contribution is 2.08. The predicted molar refractivity (Wildman–Crippen MR) is 108 cm³/mol. The third-order valence-electron chi connectivity index (χ3n) is 3.27. The minimum Gasteiger partial charge on any atom is -0.481 e. The minimum absolute atomic E-state index is 0.0588. The Hall–Kier alpha value is -0.560. The molecule has 0 aromatic carbocycles. The monoisotopic (exact) mass is 377 g/mol. The fraction of sp³-hybridized carbons (Fsp3) is 0.842. The van der Waals surface area contributed by atoms with Crippen LogP contribution in [0.1, 0.15) is 65.2 Å². The molecule has 0 unspecified atom stereocenters. The van der Waals surface area contributed by atoms with Crippen molar-refractivity contribution < 1.29 is 19.4 Å². The summed E-state index contributed by atoms with van der Waals surface area (Å²) in [5, 5.41) is 8.38. The maximum atomic E-state index is 10.2. The Balaban J connectivity index is 0. The van der Waals surface area contributed by atoms with E-state index in [1.54, 1.807) is 11.8 Å². The van der Waals surface area contributed by atoms with Gasteiger partial charge in [-0.05, 0) is 33.1 Å². The molecule has 0 aliphatic heterocycles. The lowest BCUT2D eigenvalue weighted by atomic mass is 10.1. The number of carboxylic acids is 1. The second-order valence-electron chi connectivity index (χ2n) is 5.55. The Morgan fingerprint density at radius 3 is 2.16 bits per heavy atom. The van der Waals surface area contributed by atoms with Gasteiger partial charge in [0.2, 0.25) is 0 Å². The molecule has 0 rings (SSSR count). The number of rotatable bonds is 17.